The van der Waals surface area contributed by atoms with Gasteiger partial charge in [0.25, 0.3) is 0 Å². The summed E-state index contributed by atoms with van der Waals surface area (Å²) in [4.78, 5) is 11.4. The third kappa shape index (κ3) is 4.15. The number of ether oxygens (including phenoxy) is 2. The van der Waals surface area contributed by atoms with E-state index >= 15 is 0 Å². The first-order valence-electron chi connectivity index (χ1n) is 6.78. The van der Waals surface area contributed by atoms with Crippen LogP contribution in [0.5, 0.6) is 11.5 Å². The van der Waals surface area contributed by atoms with Gasteiger partial charge < -0.3 is 14.6 Å². The molecule has 5 heteroatoms. The molecular weight excluding hydrogens is 304 g/mol. The van der Waals surface area contributed by atoms with Gasteiger partial charge in [-0.2, -0.15) is 0 Å². The van der Waals surface area contributed by atoms with Gasteiger partial charge in [0.2, 0.25) is 0 Å². The van der Waals surface area contributed by atoms with Crippen molar-refractivity contribution in [2.45, 2.75) is 19.4 Å². The molecule has 0 radical (unpaired) electrons. The Hall–Kier alpha value is -2.20. The minimum atomic E-state index is -1.02. The summed E-state index contributed by atoms with van der Waals surface area (Å²) in [6, 6.07) is 12.2. The van der Waals surface area contributed by atoms with Crippen molar-refractivity contribution in [1.29, 1.82) is 0 Å². The Morgan fingerprint density at radius 1 is 1.18 bits per heavy atom. The van der Waals surface area contributed by atoms with Crippen molar-refractivity contribution >= 4 is 17.6 Å². The highest BCUT2D eigenvalue weighted by Crippen LogP contribution is 2.21. The van der Waals surface area contributed by atoms with Gasteiger partial charge in [0.1, 0.15) is 11.5 Å². The molecule has 0 saturated carbocycles. The third-order valence-corrected chi connectivity index (χ3v) is 3.56. The normalized spacial score (nSPS) is 11.8. The molecule has 0 aliphatic carbocycles. The fourth-order valence-corrected chi connectivity index (χ4v) is 2.25. The molecule has 0 bridgehead atoms. The highest BCUT2D eigenvalue weighted by atomic mass is 35.5. The van der Waals surface area contributed by atoms with Crippen LogP contribution < -0.4 is 9.47 Å². The van der Waals surface area contributed by atoms with Gasteiger partial charge in [-0.1, -0.05) is 17.7 Å². The molecule has 1 N–H and O–H groups in total. The lowest BCUT2D eigenvalue weighted by Gasteiger charge is -2.17. The number of halogens is 1. The summed E-state index contributed by atoms with van der Waals surface area (Å²) in [6.07, 6.45) is -0.737. The monoisotopic (exact) mass is 320 g/mol. The first-order valence-corrected chi connectivity index (χ1v) is 7.16. The maximum Gasteiger partial charge on any atom is 0.345 e. The topological polar surface area (TPSA) is 55.8 Å². The minimum Gasteiger partial charge on any atom is -0.497 e. The number of methoxy groups -OCH3 is 1. The number of rotatable bonds is 6. The van der Waals surface area contributed by atoms with E-state index in [4.69, 9.17) is 21.1 Å². The number of carboxylic acid groups (broad SMARTS) is 1. The van der Waals surface area contributed by atoms with Gasteiger partial charge in [0, 0.05) is 11.4 Å². The van der Waals surface area contributed by atoms with Crippen LogP contribution >= 0.6 is 11.6 Å². The summed E-state index contributed by atoms with van der Waals surface area (Å²) in [5.74, 6) is 0.146. The second-order valence-corrected chi connectivity index (χ2v) is 5.33. The Balaban J connectivity index is 2.15. The van der Waals surface area contributed by atoms with Crippen LogP contribution in [0.2, 0.25) is 5.02 Å². The Morgan fingerprint density at radius 3 is 2.41 bits per heavy atom. The van der Waals surface area contributed by atoms with E-state index in [1.807, 2.05) is 13.0 Å². The molecule has 0 heterocycles. The molecule has 0 fully saturated rings. The highest BCUT2D eigenvalue weighted by molar-refractivity contribution is 6.30. The molecule has 22 heavy (non-hydrogen) atoms. The van der Waals surface area contributed by atoms with Crippen molar-refractivity contribution in [3.63, 3.8) is 0 Å². The van der Waals surface area contributed by atoms with Crippen LogP contribution in [0.1, 0.15) is 11.1 Å². The largest absolute Gasteiger partial charge is 0.497 e. The lowest BCUT2D eigenvalue weighted by Crippen LogP contribution is -2.29. The molecule has 0 unspecified atom stereocenters. The molecule has 2 aromatic rings. The van der Waals surface area contributed by atoms with Crippen LogP contribution in [-0.4, -0.2) is 24.3 Å². The van der Waals surface area contributed by atoms with Crippen LogP contribution in [0.15, 0.2) is 42.5 Å². The molecule has 2 rings (SSSR count). The van der Waals surface area contributed by atoms with Crippen molar-refractivity contribution < 1.29 is 19.4 Å². The molecular formula is C17H17ClO4. The molecule has 0 aromatic heterocycles. The molecule has 1 atom stereocenters. The Kier molecular flexibility index (Phi) is 5.28. The predicted octanol–water partition coefficient (Wildman–Crippen LogP) is 3.73. The molecule has 0 spiro atoms. The molecule has 0 saturated heterocycles. The summed E-state index contributed by atoms with van der Waals surface area (Å²) >= 11 is 5.97. The quantitative estimate of drug-likeness (QED) is 0.881. The van der Waals surface area contributed by atoms with E-state index in [9.17, 15) is 9.90 Å². The van der Waals surface area contributed by atoms with Crippen molar-refractivity contribution in [3.8, 4) is 11.5 Å². The third-order valence-electron chi connectivity index (χ3n) is 3.33. The van der Waals surface area contributed by atoms with Gasteiger partial charge >= 0.3 is 5.97 Å². The average molecular weight is 321 g/mol. The highest BCUT2D eigenvalue weighted by Gasteiger charge is 2.21. The second kappa shape index (κ2) is 7.18. The smallest absolute Gasteiger partial charge is 0.345 e. The number of hydrogen-bond donors (Lipinski definition) is 1. The fraction of sp³-hybridized carbons (Fsp3) is 0.235. The zero-order chi connectivity index (χ0) is 16.1. The summed E-state index contributed by atoms with van der Waals surface area (Å²) in [5, 5.41) is 9.95. The number of carbonyl (C=O) groups is 1. The summed E-state index contributed by atoms with van der Waals surface area (Å²) in [7, 11) is 1.57. The lowest BCUT2D eigenvalue weighted by molar-refractivity contribution is -0.145. The van der Waals surface area contributed by atoms with E-state index in [-0.39, 0.29) is 6.42 Å². The maximum atomic E-state index is 11.4. The second-order valence-electron chi connectivity index (χ2n) is 4.90. The summed E-state index contributed by atoms with van der Waals surface area (Å²) in [6.45, 7) is 1.91. The Labute approximate surface area is 134 Å². The van der Waals surface area contributed by atoms with Crippen LogP contribution in [-0.2, 0) is 11.2 Å². The first kappa shape index (κ1) is 16.2. The van der Waals surface area contributed by atoms with Gasteiger partial charge in [0.15, 0.2) is 6.10 Å². The zero-order valence-corrected chi connectivity index (χ0v) is 13.1. The molecule has 4 nitrogen and oxygen atoms in total. The van der Waals surface area contributed by atoms with Crippen molar-refractivity contribution in [3.05, 3.63) is 58.6 Å². The summed E-state index contributed by atoms with van der Waals surface area (Å²) in [5.41, 5.74) is 1.84. The van der Waals surface area contributed by atoms with E-state index < -0.39 is 12.1 Å². The zero-order valence-electron chi connectivity index (χ0n) is 12.4. The summed E-state index contributed by atoms with van der Waals surface area (Å²) < 4.78 is 10.6. The van der Waals surface area contributed by atoms with Crippen molar-refractivity contribution in [2.75, 3.05) is 7.11 Å². The maximum absolute atomic E-state index is 11.4. The standard InChI is InChI=1S/C17H17ClO4/c1-11-3-4-13(18)9-12(11)10-16(17(19)20)22-15-7-5-14(21-2)6-8-15/h3-9,16H,10H2,1-2H3,(H,19,20)/t16-/m1/s1. The van der Waals surface area contributed by atoms with Gasteiger partial charge in [-0.15, -0.1) is 0 Å². The van der Waals surface area contributed by atoms with E-state index in [1.54, 1.807) is 43.5 Å². The molecule has 0 aliphatic rings. The first-order chi connectivity index (χ1) is 10.5. The van der Waals surface area contributed by atoms with Crippen LogP contribution in [0.3, 0.4) is 0 Å². The van der Waals surface area contributed by atoms with Crippen LogP contribution in [0, 0.1) is 6.92 Å². The number of benzene rings is 2. The van der Waals surface area contributed by atoms with Crippen LogP contribution in [0.4, 0.5) is 0 Å². The number of aryl methyl sites for hydroxylation is 1. The minimum absolute atomic E-state index is 0.244. The molecule has 0 aliphatic heterocycles. The lowest BCUT2D eigenvalue weighted by atomic mass is 10.0. The van der Waals surface area contributed by atoms with Crippen molar-refractivity contribution in [1.82, 2.24) is 0 Å². The Bertz CT molecular complexity index is 652. The van der Waals surface area contributed by atoms with Crippen molar-refractivity contribution in [2.24, 2.45) is 0 Å². The van der Waals surface area contributed by atoms with Gasteiger partial charge in [-0.25, -0.2) is 4.79 Å². The predicted molar refractivity (Wildman–Crippen MR) is 84.9 cm³/mol. The Morgan fingerprint density at radius 2 is 1.82 bits per heavy atom. The average Bonchev–Trinajstić information content (AvgIpc) is 2.50. The van der Waals surface area contributed by atoms with Gasteiger partial charge in [-0.05, 0) is 54.4 Å². The van der Waals surface area contributed by atoms with Gasteiger partial charge in [0.05, 0.1) is 7.11 Å². The van der Waals surface area contributed by atoms with Gasteiger partial charge in [-0.3, -0.25) is 0 Å². The van der Waals surface area contributed by atoms with E-state index in [2.05, 4.69) is 0 Å². The van der Waals surface area contributed by atoms with Crippen LogP contribution in [0.25, 0.3) is 0 Å². The molecule has 0 amide bonds. The molecule has 2 aromatic carbocycles. The molecule has 116 valence electrons. The number of hydrogen-bond acceptors (Lipinski definition) is 3. The number of aliphatic carboxylic acids is 1. The van der Waals surface area contributed by atoms with E-state index in [1.165, 1.54) is 0 Å². The van der Waals surface area contributed by atoms with E-state index in [0.717, 1.165) is 11.1 Å². The number of carboxylic acids is 1. The SMILES string of the molecule is COc1ccc(O[C@H](Cc2cc(Cl)ccc2C)C(=O)O)cc1. The van der Waals surface area contributed by atoms with E-state index in [0.29, 0.717) is 16.5 Å². The fourth-order valence-electron chi connectivity index (χ4n) is 2.06.